The lowest BCUT2D eigenvalue weighted by molar-refractivity contribution is -0.808. The summed E-state index contributed by atoms with van der Waals surface area (Å²) in [5, 5.41) is 3.80. The molecule has 0 radical (unpaired) electrons. The molecule has 1 atom stereocenters. The molecule has 2 heterocycles. The third-order valence-electron chi connectivity index (χ3n) is 5.58. The molecular weight excluding hydrogens is 413 g/mol. The molecule has 0 saturated heterocycles. The second-order valence-electron chi connectivity index (χ2n) is 7.77. The van der Waals surface area contributed by atoms with E-state index in [0.717, 1.165) is 41.8 Å². The zero-order valence-corrected chi connectivity index (χ0v) is 17.3. The zero-order chi connectivity index (χ0) is 22.3. The quantitative estimate of drug-likeness (QED) is 0.289. The molecule has 1 fully saturated rings. The van der Waals surface area contributed by atoms with Gasteiger partial charge in [-0.1, -0.05) is 17.3 Å². The van der Waals surface area contributed by atoms with E-state index in [1.54, 1.807) is 10.8 Å². The van der Waals surface area contributed by atoms with Crippen LogP contribution in [0, 0.1) is 5.92 Å². The number of carbonyl (C=O) groups is 1. The number of carbonyl (C=O) groups excluding carboxylic acids is 1. The van der Waals surface area contributed by atoms with E-state index < -0.39 is 17.7 Å². The van der Waals surface area contributed by atoms with E-state index in [-0.39, 0.29) is 17.7 Å². The van der Waals surface area contributed by atoms with Crippen LogP contribution in [0.1, 0.15) is 43.4 Å². The standard InChI is InChI=1S/C22H22F3N2O4/c1-12-10-16-11-17(18(26-30-3)21(28)29-2)20(12)31-27(16)19(13-4-5-13)14-6-8-15(9-7-14)22(23,24)25/h6-9,11,13,19H,4-5,10H2,1-3H3/q+1. The number of benzene rings is 1. The Bertz CT molecular complexity index is 1030. The van der Waals surface area contributed by atoms with Crippen LogP contribution in [0.25, 0.3) is 0 Å². The van der Waals surface area contributed by atoms with E-state index >= 15 is 0 Å². The van der Waals surface area contributed by atoms with Gasteiger partial charge in [-0.15, -0.1) is 0 Å². The smallest absolute Gasteiger partial charge is 0.416 e. The van der Waals surface area contributed by atoms with Crippen molar-refractivity contribution in [1.82, 2.24) is 0 Å². The highest BCUT2D eigenvalue weighted by Crippen LogP contribution is 2.46. The van der Waals surface area contributed by atoms with Gasteiger partial charge in [0.1, 0.15) is 7.11 Å². The van der Waals surface area contributed by atoms with Crippen molar-refractivity contribution in [2.24, 2.45) is 11.1 Å². The minimum Gasteiger partial charge on any atom is -0.464 e. The Morgan fingerprint density at radius 1 is 1.23 bits per heavy atom. The Hall–Kier alpha value is -3.10. The van der Waals surface area contributed by atoms with Gasteiger partial charge in [-0.2, -0.15) is 13.2 Å². The zero-order valence-electron chi connectivity index (χ0n) is 17.3. The first-order valence-electron chi connectivity index (χ1n) is 9.86. The van der Waals surface area contributed by atoms with Crippen LogP contribution in [0.4, 0.5) is 13.2 Å². The number of alkyl halides is 3. The van der Waals surface area contributed by atoms with Gasteiger partial charge in [-0.3, -0.25) is 0 Å². The van der Waals surface area contributed by atoms with Gasteiger partial charge < -0.3 is 9.57 Å². The van der Waals surface area contributed by atoms with E-state index in [0.29, 0.717) is 17.8 Å². The second-order valence-corrected chi connectivity index (χ2v) is 7.77. The number of esters is 1. The maximum atomic E-state index is 13.0. The summed E-state index contributed by atoms with van der Waals surface area (Å²) in [6.45, 7) is 1.89. The van der Waals surface area contributed by atoms with Crippen LogP contribution in [0.15, 0.2) is 52.4 Å². The Morgan fingerprint density at radius 2 is 1.90 bits per heavy atom. The lowest BCUT2D eigenvalue weighted by atomic mass is 9.91. The molecule has 1 unspecified atom stereocenters. The number of oxime groups is 1. The largest absolute Gasteiger partial charge is 0.464 e. The minimum absolute atomic E-state index is 0.00583. The minimum atomic E-state index is -4.38. The van der Waals surface area contributed by atoms with Crippen molar-refractivity contribution in [1.29, 1.82) is 0 Å². The molecule has 6 nitrogen and oxygen atoms in total. The van der Waals surface area contributed by atoms with E-state index in [2.05, 4.69) is 5.16 Å². The first-order chi connectivity index (χ1) is 14.7. The van der Waals surface area contributed by atoms with E-state index in [1.165, 1.54) is 26.4 Å². The molecular formula is C22H22F3N2O4+. The average molecular weight is 435 g/mol. The molecule has 2 bridgehead atoms. The maximum Gasteiger partial charge on any atom is 0.416 e. The number of methoxy groups -OCH3 is 1. The SMILES string of the molecule is CON=C(C(=O)OC)C1=CC2=[N+](C(c3ccc(C(F)(F)F)cc3)C3CC3)OC1=C(C)C2. The van der Waals surface area contributed by atoms with Crippen LogP contribution in [0.5, 0.6) is 0 Å². The first kappa shape index (κ1) is 21.1. The molecule has 5 rings (SSSR count). The molecule has 31 heavy (non-hydrogen) atoms. The van der Waals surface area contributed by atoms with Gasteiger partial charge in [0.15, 0.2) is 5.71 Å². The van der Waals surface area contributed by atoms with Crippen LogP contribution in [0.2, 0.25) is 0 Å². The summed E-state index contributed by atoms with van der Waals surface area (Å²) >= 11 is 0. The highest BCUT2D eigenvalue weighted by Gasteiger charge is 2.48. The van der Waals surface area contributed by atoms with Crippen molar-refractivity contribution in [2.45, 2.75) is 38.4 Å². The Kier molecular flexibility index (Phi) is 5.36. The molecule has 2 aliphatic heterocycles. The van der Waals surface area contributed by atoms with E-state index in [9.17, 15) is 18.0 Å². The van der Waals surface area contributed by atoms with Gasteiger partial charge >= 0.3 is 12.1 Å². The summed E-state index contributed by atoms with van der Waals surface area (Å²) in [4.78, 5) is 23.2. The second kappa shape index (κ2) is 7.86. The van der Waals surface area contributed by atoms with Gasteiger partial charge in [-0.05, 0) is 42.2 Å². The molecule has 4 aliphatic rings. The molecule has 2 aliphatic carbocycles. The van der Waals surface area contributed by atoms with Gasteiger partial charge in [0.2, 0.25) is 17.5 Å². The fraction of sp³-hybridized carbons (Fsp3) is 0.409. The summed E-state index contributed by atoms with van der Waals surface area (Å²) in [5.74, 6) is 0.0982. The van der Waals surface area contributed by atoms with Crippen molar-refractivity contribution in [3.8, 4) is 0 Å². The molecule has 9 heteroatoms. The number of hydrogen-bond donors (Lipinski definition) is 0. The Balaban J connectivity index is 1.75. The van der Waals surface area contributed by atoms with Crippen molar-refractivity contribution < 1.29 is 37.1 Å². The van der Waals surface area contributed by atoms with Crippen molar-refractivity contribution >= 4 is 17.4 Å². The topological polar surface area (TPSA) is 60.1 Å². The van der Waals surface area contributed by atoms with Crippen molar-refractivity contribution in [2.75, 3.05) is 14.2 Å². The van der Waals surface area contributed by atoms with Gasteiger partial charge in [0.25, 0.3) is 0 Å². The number of nitrogens with zero attached hydrogens (tertiary/aromatic N) is 2. The number of halogens is 3. The van der Waals surface area contributed by atoms with E-state index in [1.807, 2.05) is 6.92 Å². The number of hydrogen-bond acceptors (Lipinski definition) is 5. The Labute approximate surface area is 177 Å². The fourth-order valence-electron chi connectivity index (χ4n) is 3.97. The molecule has 1 saturated carbocycles. The number of ether oxygens (including phenoxy) is 1. The molecule has 0 amide bonds. The highest BCUT2D eigenvalue weighted by molar-refractivity contribution is 6.45. The summed E-state index contributed by atoms with van der Waals surface area (Å²) < 4.78 is 45.5. The molecule has 0 N–H and O–H groups in total. The molecule has 1 aromatic carbocycles. The van der Waals surface area contributed by atoms with Crippen LogP contribution in [-0.2, 0) is 25.4 Å². The average Bonchev–Trinajstić information content (AvgIpc) is 3.57. The fourth-order valence-corrected chi connectivity index (χ4v) is 3.97. The Morgan fingerprint density at radius 3 is 2.42 bits per heavy atom. The molecule has 1 aromatic rings. The predicted octanol–water partition coefficient (Wildman–Crippen LogP) is 4.33. The highest BCUT2D eigenvalue weighted by atomic mass is 19.4. The summed E-state index contributed by atoms with van der Waals surface area (Å²) in [5.41, 5.74) is 2.24. The predicted molar refractivity (Wildman–Crippen MR) is 105 cm³/mol. The molecule has 0 aromatic heterocycles. The third-order valence-corrected chi connectivity index (χ3v) is 5.58. The number of allylic oxidation sites excluding steroid dienone is 3. The number of fused-ring (bicyclic) bond motifs is 2. The summed E-state index contributed by atoms with van der Waals surface area (Å²) in [6, 6.07) is 5.00. The van der Waals surface area contributed by atoms with Crippen LogP contribution < -0.4 is 0 Å². The third kappa shape index (κ3) is 3.96. The van der Waals surface area contributed by atoms with Crippen LogP contribution in [-0.4, -0.2) is 36.4 Å². The maximum absolute atomic E-state index is 13.0. The monoisotopic (exact) mass is 435 g/mol. The lowest BCUT2D eigenvalue weighted by Gasteiger charge is -2.27. The molecule has 164 valence electrons. The summed E-state index contributed by atoms with van der Waals surface area (Å²) in [7, 11) is 2.59. The van der Waals surface area contributed by atoms with Gasteiger partial charge in [-0.25, -0.2) is 9.63 Å². The number of rotatable bonds is 6. The first-order valence-corrected chi connectivity index (χ1v) is 9.86. The lowest BCUT2D eigenvalue weighted by Crippen LogP contribution is -2.37. The van der Waals surface area contributed by atoms with Crippen LogP contribution in [0.3, 0.4) is 0 Å². The van der Waals surface area contributed by atoms with Crippen molar-refractivity contribution in [3.05, 3.63) is 58.4 Å². The van der Waals surface area contributed by atoms with Crippen LogP contribution >= 0.6 is 0 Å². The van der Waals surface area contributed by atoms with E-state index in [4.69, 9.17) is 14.4 Å². The van der Waals surface area contributed by atoms with Gasteiger partial charge in [0.05, 0.1) is 24.7 Å². The normalized spacial score (nSPS) is 19.8. The van der Waals surface area contributed by atoms with Gasteiger partial charge in [0, 0.05) is 17.6 Å². The summed E-state index contributed by atoms with van der Waals surface area (Å²) in [6.07, 6.45) is -0.0459. The molecule has 0 spiro atoms. The van der Waals surface area contributed by atoms with Crippen molar-refractivity contribution in [3.63, 3.8) is 0 Å². The number of hydroxylamine groups is 1.